The van der Waals surface area contributed by atoms with Crippen molar-refractivity contribution in [3.05, 3.63) is 53.3 Å². The molecule has 4 nitrogen and oxygen atoms in total. The van der Waals surface area contributed by atoms with Crippen LogP contribution in [0.5, 0.6) is 0 Å². The molecule has 4 heteroatoms. The maximum absolute atomic E-state index is 9.94. The lowest BCUT2D eigenvalue weighted by Gasteiger charge is -2.31. The summed E-state index contributed by atoms with van der Waals surface area (Å²) < 4.78 is 1.89. The standard InChI is InChI=1S/C16H23N3O/c1-3-14-9-15(19(2)18-14)10-16(11-17,12-20)13-7-5-4-6-8-13/h4-9,20H,3,10-12,17H2,1-2H3. The molecule has 0 amide bonds. The molecule has 1 aromatic heterocycles. The fraction of sp³-hybridized carbons (Fsp3) is 0.438. The SMILES string of the molecule is CCc1cc(CC(CN)(CO)c2ccccc2)n(C)n1. The molecular formula is C16H23N3O. The van der Waals surface area contributed by atoms with Gasteiger partial charge in [-0.05, 0) is 18.1 Å². The molecule has 0 aliphatic carbocycles. The van der Waals surface area contributed by atoms with Crippen LogP contribution < -0.4 is 5.73 Å². The van der Waals surface area contributed by atoms with Crippen LogP contribution in [-0.4, -0.2) is 28.0 Å². The summed E-state index contributed by atoms with van der Waals surface area (Å²) in [6, 6.07) is 12.1. The van der Waals surface area contributed by atoms with Gasteiger partial charge in [0.15, 0.2) is 0 Å². The number of aromatic nitrogens is 2. The van der Waals surface area contributed by atoms with Gasteiger partial charge in [0, 0.05) is 31.1 Å². The minimum atomic E-state index is -0.444. The Morgan fingerprint density at radius 2 is 2.00 bits per heavy atom. The van der Waals surface area contributed by atoms with Crippen molar-refractivity contribution < 1.29 is 5.11 Å². The first-order chi connectivity index (χ1) is 9.65. The number of aliphatic hydroxyl groups is 1. The van der Waals surface area contributed by atoms with Crippen molar-refractivity contribution in [2.24, 2.45) is 12.8 Å². The molecule has 0 fully saturated rings. The average Bonchev–Trinajstić information content (AvgIpc) is 2.86. The second kappa shape index (κ2) is 6.20. The maximum Gasteiger partial charge on any atom is 0.0624 e. The Balaban J connectivity index is 2.36. The summed E-state index contributed by atoms with van der Waals surface area (Å²) in [6.07, 6.45) is 1.60. The lowest BCUT2D eigenvalue weighted by molar-refractivity contribution is 0.194. The van der Waals surface area contributed by atoms with Crippen LogP contribution in [0.25, 0.3) is 0 Å². The number of hydrogen-bond acceptors (Lipinski definition) is 3. The van der Waals surface area contributed by atoms with Crippen LogP contribution in [0.3, 0.4) is 0 Å². The van der Waals surface area contributed by atoms with E-state index in [4.69, 9.17) is 5.73 Å². The van der Waals surface area contributed by atoms with Crippen LogP contribution >= 0.6 is 0 Å². The van der Waals surface area contributed by atoms with Crippen molar-refractivity contribution >= 4 is 0 Å². The fourth-order valence-corrected chi connectivity index (χ4v) is 2.55. The van der Waals surface area contributed by atoms with Gasteiger partial charge >= 0.3 is 0 Å². The first-order valence-electron chi connectivity index (χ1n) is 7.03. The molecule has 0 bridgehead atoms. The zero-order chi connectivity index (χ0) is 14.6. The lowest BCUT2D eigenvalue weighted by Crippen LogP contribution is -2.41. The molecule has 0 saturated heterocycles. The fourth-order valence-electron chi connectivity index (χ4n) is 2.55. The molecular weight excluding hydrogens is 250 g/mol. The van der Waals surface area contributed by atoms with E-state index < -0.39 is 5.41 Å². The molecule has 0 saturated carbocycles. The molecule has 2 aromatic rings. The van der Waals surface area contributed by atoms with Gasteiger partial charge in [-0.25, -0.2) is 0 Å². The minimum Gasteiger partial charge on any atom is -0.395 e. The summed E-state index contributed by atoms with van der Waals surface area (Å²) >= 11 is 0. The van der Waals surface area contributed by atoms with Gasteiger partial charge in [-0.15, -0.1) is 0 Å². The van der Waals surface area contributed by atoms with Crippen molar-refractivity contribution in [3.63, 3.8) is 0 Å². The van der Waals surface area contributed by atoms with Crippen molar-refractivity contribution in [1.82, 2.24) is 9.78 Å². The van der Waals surface area contributed by atoms with Crippen molar-refractivity contribution in [2.75, 3.05) is 13.2 Å². The summed E-state index contributed by atoms with van der Waals surface area (Å²) in [5.74, 6) is 0. The Morgan fingerprint density at radius 3 is 2.50 bits per heavy atom. The van der Waals surface area contributed by atoms with Crippen molar-refractivity contribution in [1.29, 1.82) is 0 Å². The summed E-state index contributed by atoms with van der Waals surface area (Å²) in [6.45, 7) is 2.52. The molecule has 0 radical (unpaired) electrons. The van der Waals surface area contributed by atoms with Crippen molar-refractivity contribution in [3.8, 4) is 0 Å². The molecule has 0 spiro atoms. The summed E-state index contributed by atoms with van der Waals surface area (Å²) in [5.41, 5.74) is 8.80. The molecule has 2 rings (SSSR count). The normalized spacial score (nSPS) is 14.2. The van der Waals surface area contributed by atoms with Crippen LogP contribution in [0, 0.1) is 0 Å². The van der Waals surface area contributed by atoms with Gasteiger partial charge in [0.05, 0.1) is 12.3 Å². The average molecular weight is 273 g/mol. The first kappa shape index (κ1) is 14.8. The van der Waals surface area contributed by atoms with Gasteiger partial charge in [-0.1, -0.05) is 37.3 Å². The molecule has 1 unspecified atom stereocenters. The van der Waals surface area contributed by atoms with Gasteiger partial charge in [0.1, 0.15) is 0 Å². The summed E-state index contributed by atoms with van der Waals surface area (Å²) in [7, 11) is 1.94. The Labute approximate surface area is 120 Å². The van der Waals surface area contributed by atoms with Crippen LogP contribution in [0.2, 0.25) is 0 Å². The highest BCUT2D eigenvalue weighted by atomic mass is 16.3. The van der Waals surface area contributed by atoms with Gasteiger partial charge < -0.3 is 10.8 Å². The lowest BCUT2D eigenvalue weighted by atomic mass is 9.77. The second-order valence-corrected chi connectivity index (χ2v) is 5.29. The second-order valence-electron chi connectivity index (χ2n) is 5.29. The van der Waals surface area contributed by atoms with Gasteiger partial charge in [0.2, 0.25) is 0 Å². The van der Waals surface area contributed by atoms with Gasteiger partial charge in [-0.2, -0.15) is 5.10 Å². The molecule has 20 heavy (non-hydrogen) atoms. The van der Waals surface area contributed by atoms with E-state index in [1.807, 2.05) is 42.1 Å². The predicted octanol–water partition coefficient (Wildman–Crippen LogP) is 1.41. The number of nitrogens with two attached hydrogens (primary N) is 1. The molecule has 3 N–H and O–H groups in total. The topological polar surface area (TPSA) is 64.1 Å². The zero-order valence-corrected chi connectivity index (χ0v) is 12.2. The van der Waals surface area contributed by atoms with E-state index in [1.54, 1.807) is 0 Å². The number of rotatable bonds is 6. The Kier molecular flexibility index (Phi) is 4.57. The molecule has 0 aliphatic rings. The summed E-state index contributed by atoms with van der Waals surface area (Å²) in [5, 5.41) is 14.4. The molecule has 1 heterocycles. The number of nitrogens with zero attached hydrogens (tertiary/aromatic N) is 2. The zero-order valence-electron chi connectivity index (χ0n) is 12.2. The Morgan fingerprint density at radius 1 is 1.30 bits per heavy atom. The molecule has 108 valence electrons. The number of hydrogen-bond donors (Lipinski definition) is 2. The van der Waals surface area contributed by atoms with E-state index in [-0.39, 0.29) is 6.61 Å². The van der Waals surface area contributed by atoms with E-state index >= 15 is 0 Å². The Bertz CT molecular complexity index is 544. The minimum absolute atomic E-state index is 0.0279. The maximum atomic E-state index is 9.94. The highest BCUT2D eigenvalue weighted by Gasteiger charge is 2.31. The smallest absolute Gasteiger partial charge is 0.0624 e. The number of aryl methyl sites for hydroxylation is 2. The molecule has 0 aliphatic heterocycles. The van der Waals surface area contributed by atoms with Gasteiger partial charge in [0.25, 0.3) is 0 Å². The van der Waals surface area contributed by atoms with Crippen molar-refractivity contribution in [2.45, 2.75) is 25.2 Å². The van der Waals surface area contributed by atoms with E-state index in [9.17, 15) is 5.11 Å². The quantitative estimate of drug-likeness (QED) is 0.836. The van der Waals surface area contributed by atoms with E-state index in [1.165, 1.54) is 0 Å². The van der Waals surface area contributed by atoms with Crippen LogP contribution in [0.4, 0.5) is 0 Å². The Hall–Kier alpha value is -1.65. The van der Waals surface area contributed by atoms with Crippen LogP contribution in [0.1, 0.15) is 23.9 Å². The number of aliphatic hydroxyl groups excluding tert-OH is 1. The monoisotopic (exact) mass is 273 g/mol. The molecule has 1 atom stereocenters. The van der Waals surface area contributed by atoms with Crippen LogP contribution in [0.15, 0.2) is 36.4 Å². The highest BCUT2D eigenvalue weighted by Crippen LogP contribution is 2.27. The predicted molar refractivity (Wildman–Crippen MR) is 80.6 cm³/mol. The third kappa shape index (κ3) is 2.76. The third-order valence-electron chi connectivity index (χ3n) is 3.99. The summed E-state index contributed by atoms with van der Waals surface area (Å²) in [4.78, 5) is 0. The number of benzene rings is 1. The largest absolute Gasteiger partial charge is 0.395 e. The van der Waals surface area contributed by atoms with Crippen LogP contribution in [-0.2, 0) is 25.3 Å². The third-order valence-corrected chi connectivity index (χ3v) is 3.99. The molecule has 1 aromatic carbocycles. The van der Waals surface area contributed by atoms with Gasteiger partial charge in [-0.3, -0.25) is 4.68 Å². The van der Waals surface area contributed by atoms with E-state index in [0.717, 1.165) is 23.4 Å². The first-order valence-corrected chi connectivity index (χ1v) is 7.03. The highest BCUT2D eigenvalue weighted by molar-refractivity contribution is 5.29. The van der Waals surface area contributed by atoms with E-state index in [2.05, 4.69) is 18.1 Å². The van der Waals surface area contributed by atoms with E-state index in [0.29, 0.717) is 13.0 Å².